The molecule has 1 unspecified atom stereocenters. The molecule has 0 spiro atoms. The number of nitrogens with zero attached hydrogens (tertiary/aromatic N) is 4. The van der Waals surface area contributed by atoms with Crippen molar-refractivity contribution in [3.8, 4) is 11.8 Å². The number of aromatic nitrogens is 4. The normalized spacial score (nSPS) is 12.7. The number of nitrogens with two attached hydrogens (primary N) is 1. The Morgan fingerprint density at radius 2 is 1.80 bits per heavy atom. The van der Waals surface area contributed by atoms with Crippen molar-refractivity contribution in [2.45, 2.75) is 26.5 Å². The molecule has 192 valence electrons. The van der Waals surface area contributed by atoms with Crippen LogP contribution in [-0.2, 0) is 29.6 Å². The van der Waals surface area contributed by atoms with Gasteiger partial charge in [0.15, 0.2) is 17.0 Å². The molecule has 2 aromatic heterocycles. The summed E-state index contributed by atoms with van der Waals surface area (Å²) in [5.74, 6) is 0.867. The molecular formula is C22H32N5O7P. The lowest BCUT2D eigenvalue weighted by Crippen LogP contribution is -2.28. The molecule has 0 radical (unpaired) electrons. The Morgan fingerprint density at radius 3 is 2.49 bits per heavy atom. The van der Waals surface area contributed by atoms with E-state index in [1.807, 2.05) is 30.3 Å². The number of rotatable bonds is 16. The van der Waals surface area contributed by atoms with Crippen LogP contribution in [0.15, 0.2) is 36.7 Å². The number of para-hydroxylation sites is 1. The molecule has 1 atom stereocenters. The summed E-state index contributed by atoms with van der Waals surface area (Å²) in [6, 6.07) is 9.44. The van der Waals surface area contributed by atoms with E-state index in [0.29, 0.717) is 23.5 Å². The maximum atomic E-state index is 12.9. The first kappa shape index (κ1) is 26.8. The molecule has 13 heteroatoms. The van der Waals surface area contributed by atoms with Crippen LogP contribution in [-0.4, -0.2) is 72.1 Å². The van der Waals surface area contributed by atoms with E-state index in [2.05, 4.69) is 15.0 Å². The largest absolute Gasteiger partial charge is 0.491 e. The van der Waals surface area contributed by atoms with Gasteiger partial charge in [0, 0.05) is 7.11 Å². The fourth-order valence-corrected chi connectivity index (χ4v) is 4.54. The van der Waals surface area contributed by atoms with Crippen LogP contribution >= 0.6 is 7.60 Å². The molecule has 3 aromatic rings. The van der Waals surface area contributed by atoms with Gasteiger partial charge in [-0.05, 0) is 26.0 Å². The fraction of sp³-hybridized carbons (Fsp3) is 0.500. The van der Waals surface area contributed by atoms with Crippen molar-refractivity contribution in [2.24, 2.45) is 0 Å². The molecule has 0 bridgehead atoms. The summed E-state index contributed by atoms with van der Waals surface area (Å²) in [6.07, 6.45) is 0.807. The number of hydrogen-bond donors (Lipinski definition) is 1. The van der Waals surface area contributed by atoms with Crippen LogP contribution < -0.4 is 15.2 Å². The van der Waals surface area contributed by atoms with Crippen molar-refractivity contribution < 1.29 is 32.6 Å². The van der Waals surface area contributed by atoms with Gasteiger partial charge >= 0.3 is 13.6 Å². The summed E-state index contributed by atoms with van der Waals surface area (Å²) in [4.78, 5) is 12.9. The first-order valence-electron chi connectivity index (χ1n) is 11.3. The van der Waals surface area contributed by atoms with E-state index >= 15 is 0 Å². The molecule has 0 saturated carbocycles. The first-order chi connectivity index (χ1) is 17.0. The zero-order chi connectivity index (χ0) is 25.1. The summed E-state index contributed by atoms with van der Waals surface area (Å²) >= 11 is 0. The van der Waals surface area contributed by atoms with Crippen LogP contribution in [0, 0.1) is 0 Å². The van der Waals surface area contributed by atoms with Crippen LogP contribution in [0.2, 0.25) is 0 Å². The molecule has 1 aromatic carbocycles. The van der Waals surface area contributed by atoms with Crippen molar-refractivity contribution in [3.05, 3.63) is 36.7 Å². The first-order valence-corrected chi connectivity index (χ1v) is 13.0. The minimum Gasteiger partial charge on any atom is -0.491 e. The Hall–Kier alpha value is -2.76. The van der Waals surface area contributed by atoms with Crippen LogP contribution in [0.1, 0.15) is 13.8 Å². The Kier molecular flexibility index (Phi) is 10.2. The van der Waals surface area contributed by atoms with E-state index in [4.69, 9.17) is 33.7 Å². The molecule has 0 aliphatic rings. The molecule has 2 heterocycles. The molecule has 0 fully saturated rings. The van der Waals surface area contributed by atoms with E-state index in [1.165, 1.54) is 0 Å². The van der Waals surface area contributed by atoms with Crippen LogP contribution in [0.5, 0.6) is 11.8 Å². The zero-order valence-corrected chi connectivity index (χ0v) is 21.1. The van der Waals surface area contributed by atoms with E-state index < -0.39 is 13.7 Å². The highest BCUT2D eigenvalue weighted by atomic mass is 31.2. The Bertz CT molecular complexity index is 1090. The van der Waals surface area contributed by atoms with E-state index in [1.54, 1.807) is 31.9 Å². The van der Waals surface area contributed by atoms with Crippen LogP contribution in [0.4, 0.5) is 5.82 Å². The lowest BCUT2D eigenvalue weighted by molar-refractivity contribution is 0.0231. The molecule has 3 rings (SSSR count). The molecule has 35 heavy (non-hydrogen) atoms. The van der Waals surface area contributed by atoms with E-state index in [0.717, 1.165) is 0 Å². The highest BCUT2D eigenvalue weighted by Crippen LogP contribution is 2.48. The van der Waals surface area contributed by atoms with Crippen molar-refractivity contribution >= 4 is 24.6 Å². The van der Waals surface area contributed by atoms with E-state index in [9.17, 15) is 4.57 Å². The standard InChI is InChI=1S/C22H32N5O7P/c1-4-33-35(28,34-5-2)16-32-18(14-31-17-9-7-6-8-10-17)13-27-15-24-19-20(23)25-22(26-21(19)27)30-12-11-29-3/h6-10,15,18H,4-5,11-14,16H2,1-3H3,(H2,23,25,26). The van der Waals surface area contributed by atoms with Gasteiger partial charge in [0.05, 0.1) is 32.7 Å². The minimum atomic E-state index is -3.42. The van der Waals surface area contributed by atoms with Crippen LogP contribution in [0.3, 0.4) is 0 Å². The van der Waals surface area contributed by atoms with Gasteiger partial charge in [-0.3, -0.25) is 4.57 Å². The predicted molar refractivity (Wildman–Crippen MR) is 130 cm³/mol. The molecule has 0 amide bonds. The molecule has 0 aliphatic heterocycles. The number of imidazole rings is 1. The Morgan fingerprint density at radius 1 is 1.06 bits per heavy atom. The summed E-state index contributed by atoms with van der Waals surface area (Å²) in [7, 11) is -1.84. The highest BCUT2D eigenvalue weighted by Gasteiger charge is 2.27. The third-order valence-corrected chi connectivity index (χ3v) is 6.46. The SMILES string of the molecule is CCOP(=O)(COC(COc1ccccc1)Cn1cnc2c(N)nc(OCCOC)nc21)OCC. The number of ether oxygens (including phenoxy) is 4. The number of benzene rings is 1. The highest BCUT2D eigenvalue weighted by molar-refractivity contribution is 7.53. The molecule has 0 saturated heterocycles. The minimum absolute atomic E-state index is 0.115. The molecular weight excluding hydrogens is 477 g/mol. The van der Waals surface area contributed by atoms with Crippen molar-refractivity contribution in [1.82, 2.24) is 19.5 Å². The Labute approximate surface area is 204 Å². The van der Waals surface area contributed by atoms with Gasteiger partial charge in [-0.15, -0.1) is 0 Å². The maximum absolute atomic E-state index is 12.9. The van der Waals surface area contributed by atoms with Gasteiger partial charge in [-0.25, -0.2) is 4.98 Å². The number of anilines is 1. The number of methoxy groups -OCH3 is 1. The smallest absolute Gasteiger partial charge is 0.356 e. The molecule has 12 nitrogen and oxygen atoms in total. The third-order valence-electron chi connectivity index (χ3n) is 4.69. The maximum Gasteiger partial charge on any atom is 0.356 e. The van der Waals surface area contributed by atoms with Gasteiger partial charge in [-0.1, -0.05) is 18.2 Å². The van der Waals surface area contributed by atoms with Crippen molar-refractivity contribution in [3.63, 3.8) is 0 Å². The van der Waals surface area contributed by atoms with Crippen LogP contribution in [0.25, 0.3) is 11.2 Å². The summed E-state index contributed by atoms with van der Waals surface area (Å²) in [5.41, 5.74) is 6.96. The lowest BCUT2D eigenvalue weighted by Gasteiger charge is -2.23. The second-order valence-corrected chi connectivity index (χ2v) is 9.29. The van der Waals surface area contributed by atoms with Gasteiger partial charge in [0.25, 0.3) is 0 Å². The summed E-state index contributed by atoms with van der Waals surface area (Å²) in [6.45, 7) is 5.06. The van der Waals surface area contributed by atoms with Crippen molar-refractivity contribution in [2.75, 3.05) is 52.2 Å². The second-order valence-electron chi connectivity index (χ2n) is 7.29. The monoisotopic (exact) mass is 509 g/mol. The summed E-state index contributed by atoms with van der Waals surface area (Å²) < 4.78 is 47.8. The van der Waals surface area contributed by atoms with Crippen molar-refractivity contribution in [1.29, 1.82) is 0 Å². The van der Waals surface area contributed by atoms with Gasteiger partial charge in [0.2, 0.25) is 0 Å². The van der Waals surface area contributed by atoms with Gasteiger partial charge in [0.1, 0.15) is 31.4 Å². The lowest BCUT2D eigenvalue weighted by atomic mass is 10.3. The zero-order valence-electron chi connectivity index (χ0n) is 20.2. The second kappa shape index (κ2) is 13.4. The predicted octanol–water partition coefficient (Wildman–Crippen LogP) is 3.12. The Balaban J connectivity index is 1.80. The number of fused-ring (bicyclic) bond motifs is 1. The third kappa shape index (κ3) is 7.87. The number of hydrogen-bond acceptors (Lipinski definition) is 11. The number of nitrogen functional groups attached to an aromatic ring is 1. The molecule has 0 aliphatic carbocycles. The van der Waals surface area contributed by atoms with Gasteiger partial charge < -0.3 is 38.3 Å². The average Bonchev–Trinajstić information content (AvgIpc) is 3.25. The quantitative estimate of drug-likeness (QED) is 0.225. The van der Waals surface area contributed by atoms with E-state index in [-0.39, 0.29) is 51.1 Å². The topological polar surface area (TPSA) is 142 Å². The fourth-order valence-electron chi connectivity index (χ4n) is 3.14. The average molecular weight is 510 g/mol. The van der Waals surface area contributed by atoms with Gasteiger partial charge in [-0.2, -0.15) is 9.97 Å². The molecule has 2 N–H and O–H groups in total. The summed E-state index contributed by atoms with van der Waals surface area (Å²) in [5, 5.41) is 0.